The van der Waals surface area contributed by atoms with Crippen LogP contribution in [0.1, 0.15) is 12.5 Å². The van der Waals surface area contributed by atoms with Gasteiger partial charge in [-0.15, -0.1) is 6.58 Å². The van der Waals surface area contributed by atoms with E-state index in [9.17, 15) is 9.59 Å². The van der Waals surface area contributed by atoms with Crippen LogP contribution in [0, 0.1) is 6.92 Å². The number of hydrogen-bond acceptors (Lipinski definition) is 4. The largest absolute Gasteiger partial charge is 0.454 e. The summed E-state index contributed by atoms with van der Waals surface area (Å²) in [4.78, 5) is 23.2. The molecule has 1 N–H and O–H groups in total. The number of carbonyl (C=O) groups excluding carboxylic acids is 2. The minimum absolute atomic E-state index is 0.256. The minimum Gasteiger partial charge on any atom is -0.454 e. The third kappa shape index (κ3) is 5.24. The average molecular weight is 277 g/mol. The molecule has 0 aliphatic carbocycles. The number of benzene rings is 1. The van der Waals surface area contributed by atoms with Crippen LogP contribution in [-0.4, -0.2) is 31.2 Å². The monoisotopic (exact) mass is 277 g/mol. The molecule has 5 nitrogen and oxygen atoms in total. The summed E-state index contributed by atoms with van der Waals surface area (Å²) in [6, 6.07) is 7.36. The minimum atomic E-state index is -0.723. The van der Waals surface area contributed by atoms with Gasteiger partial charge in [-0.3, -0.25) is 4.79 Å². The zero-order valence-corrected chi connectivity index (χ0v) is 11.7. The lowest BCUT2D eigenvalue weighted by Gasteiger charge is -2.12. The van der Waals surface area contributed by atoms with Gasteiger partial charge in [0.1, 0.15) is 0 Å². The summed E-state index contributed by atoms with van der Waals surface area (Å²) in [5.74, 6) is -0.963. The molecule has 1 rings (SSSR count). The van der Waals surface area contributed by atoms with Crippen LogP contribution in [-0.2, 0) is 19.1 Å². The first-order chi connectivity index (χ1) is 9.54. The normalized spacial score (nSPS) is 11.5. The number of hydrogen-bond donors (Lipinski definition) is 1. The summed E-state index contributed by atoms with van der Waals surface area (Å²) in [6.07, 6.45) is 0.813. The molecular weight excluding hydrogens is 258 g/mol. The van der Waals surface area contributed by atoms with Gasteiger partial charge in [-0.25, -0.2) is 4.79 Å². The lowest BCUT2D eigenvalue weighted by atomic mass is 10.2. The van der Waals surface area contributed by atoms with Crippen molar-refractivity contribution in [1.82, 2.24) is 0 Å². The second-order valence-corrected chi connectivity index (χ2v) is 4.24. The Morgan fingerprint density at radius 2 is 2.10 bits per heavy atom. The van der Waals surface area contributed by atoms with Gasteiger partial charge >= 0.3 is 5.97 Å². The van der Waals surface area contributed by atoms with Gasteiger partial charge in [-0.2, -0.15) is 0 Å². The number of carbonyl (C=O) groups is 2. The lowest BCUT2D eigenvalue weighted by Crippen LogP contribution is -2.28. The fourth-order valence-corrected chi connectivity index (χ4v) is 1.43. The maximum Gasteiger partial charge on any atom is 0.335 e. The number of para-hydroxylation sites is 1. The third-order valence-electron chi connectivity index (χ3n) is 2.56. The lowest BCUT2D eigenvalue weighted by molar-refractivity contribution is -0.157. The van der Waals surface area contributed by atoms with Gasteiger partial charge < -0.3 is 14.8 Å². The molecule has 0 aliphatic heterocycles. The van der Waals surface area contributed by atoms with E-state index in [1.165, 1.54) is 6.08 Å². The first kappa shape index (κ1) is 15.9. The number of amides is 1. The van der Waals surface area contributed by atoms with E-state index in [-0.39, 0.29) is 19.1 Å². The molecule has 0 bridgehead atoms. The molecule has 1 aromatic carbocycles. The van der Waals surface area contributed by atoms with Crippen molar-refractivity contribution in [3.8, 4) is 0 Å². The van der Waals surface area contributed by atoms with Crippen LogP contribution in [0.4, 0.5) is 5.69 Å². The van der Waals surface area contributed by atoms with Crippen molar-refractivity contribution in [1.29, 1.82) is 0 Å². The van der Waals surface area contributed by atoms with Crippen molar-refractivity contribution in [2.24, 2.45) is 0 Å². The second-order valence-electron chi connectivity index (χ2n) is 4.24. The predicted molar refractivity (Wildman–Crippen MR) is 76.4 cm³/mol. The third-order valence-corrected chi connectivity index (χ3v) is 2.56. The van der Waals surface area contributed by atoms with E-state index in [0.29, 0.717) is 5.69 Å². The highest BCUT2D eigenvalue weighted by atomic mass is 16.6. The van der Waals surface area contributed by atoms with Crippen LogP contribution in [0.25, 0.3) is 0 Å². The van der Waals surface area contributed by atoms with E-state index >= 15 is 0 Å². The molecule has 1 atom stereocenters. The van der Waals surface area contributed by atoms with Crippen molar-refractivity contribution in [2.45, 2.75) is 20.0 Å². The highest BCUT2D eigenvalue weighted by Gasteiger charge is 2.16. The SMILES string of the molecule is C=CCOC(C)C(=O)OCC(=O)Nc1ccccc1C. The summed E-state index contributed by atoms with van der Waals surface area (Å²) in [5.41, 5.74) is 1.64. The second kappa shape index (κ2) is 8.12. The smallest absolute Gasteiger partial charge is 0.335 e. The van der Waals surface area contributed by atoms with Crippen LogP contribution >= 0.6 is 0 Å². The number of aryl methyl sites for hydroxylation is 1. The number of anilines is 1. The van der Waals surface area contributed by atoms with E-state index in [2.05, 4.69) is 11.9 Å². The highest BCUT2D eigenvalue weighted by molar-refractivity contribution is 5.93. The first-order valence-electron chi connectivity index (χ1n) is 6.29. The van der Waals surface area contributed by atoms with Crippen molar-refractivity contribution in [2.75, 3.05) is 18.5 Å². The average Bonchev–Trinajstić information content (AvgIpc) is 2.44. The standard InChI is InChI=1S/C15H19NO4/c1-4-9-19-12(3)15(18)20-10-14(17)16-13-8-6-5-7-11(13)2/h4-8,12H,1,9-10H2,2-3H3,(H,16,17). The van der Waals surface area contributed by atoms with Gasteiger partial charge in [0.25, 0.3) is 5.91 Å². The van der Waals surface area contributed by atoms with Crippen LogP contribution in [0.2, 0.25) is 0 Å². The summed E-state index contributed by atoms with van der Waals surface area (Å²) in [7, 11) is 0. The molecule has 0 radical (unpaired) electrons. The quantitative estimate of drug-likeness (QED) is 0.612. The summed E-state index contributed by atoms with van der Waals surface area (Å²) in [6.45, 7) is 6.84. The molecule has 1 amide bonds. The predicted octanol–water partition coefficient (Wildman–Crippen LogP) is 2.07. The Morgan fingerprint density at radius 3 is 2.75 bits per heavy atom. The van der Waals surface area contributed by atoms with E-state index in [4.69, 9.17) is 9.47 Å². The zero-order chi connectivity index (χ0) is 15.0. The van der Waals surface area contributed by atoms with Crippen LogP contribution in [0.3, 0.4) is 0 Å². The van der Waals surface area contributed by atoms with Gasteiger partial charge in [0.05, 0.1) is 6.61 Å². The Labute approximate surface area is 118 Å². The molecule has 0 aliphatic rings. The van der Waals surface area contributed by atoms with Crippen molar-refractivity contribution < 1.29 is 19.1 Å². The number of rotatable bonds is 7. The summed E-state index contributed by atoms with van der Waals surface area (Å²) in [5, 5.41) is 2.67. The van der Waals surface area contributed by atoms with Gasteiger partial charge in [0, 0.05) is 5.69 Å². The Bertz CT molecular complexity index is 485. The summed E-state index contributed by atoms with van der Waals surface area (Å²) >= 11 is 0. The number of esters is 1. The Balaban J connectivity index is 2.38. The molecule has 0 heterocycles. The van der Waals surface area contributed by atoms with Crippen LogP contribution < -0.4 is 5.32 Å². The molecule has 108 valence electrons. The Kier molecular flexibility index (Phi) is 6.46. The zero-order valence-electron chi connectivity index (χ0n) is 11.7. The maximum absolute atomic E-state index is 11.7. The molecule has 1 aromatic rings. The Morgan fingerprint density at radius 1 is 1.40 bits per heavy atom. The molecule has 5 heteroatoms. The molecule has 0 aromatic heterocycles. The molecule has 0 fully saturated rings. The van der Waals surface area contributed by atoms with Crippen LogP contribution in [0.5, 0.6) is 0 Å². The van der Waals surface area contributed by atoms with E-state index in [0.717, 1.165) is 5.56 Å². The fraction of sp³-hybridized carbons (Fsp3) is 0.333. The van der Waals surface area contributed by atoms with Crippen molar-refractivity contribution >= 4 is 17.6 Å². The molecule has 0 spiro atoms. The summed E-state index contributed by atoms with van der Waals surface area (Å²) < 4.78 is 9.96. The molecule has 0 saturated carbocycles. The van der Waals surface area contributed by atoms with E-state index in [1.54, 1.807) is 13.0 Å². The molecular formula is C15H19NO4. The van der Waals surface area contributed by atoms with E-state index in [1.807, 2.05) is 25.1 Å². The van der Waals surface area contributed by atoms with Gasteiger partial charge in [0.15, 0.2) is 12.7 Å². The van der Waals surface area contributed by atoms with Crippen LogP contribution in [0.15, 0.2) is 36.9 Å². The van der Waals surface area contributed by atoms with Gasteiger partial charge in [0.2, 0.25) is 0 Å². The number of nitrogens with one attached hydrogen (secondary N) is 1. The van der Waals surface area contributed by atoms with Crippen molar-refractivity contribution in [3.63, 3.8) is 0 Å². The van der Waals surface area contributed by atoms with Gasteiger partial charge in [-0.1, -0.05) is 24.3 Å². The molecule has 1 unspecified atom stereocenters. The fourth-order valence-electron chi connectivity index (χ4n) is 1.43. The first-order valence-corrected chi connectivity index (χ1v) is 6.29. The van der Waals surface area contributed by atoms with E-state index < -0.39 is 12.1 Å². The maximum atomic E-state index is 11.7. The molecule has 20 heavy (non-hydrogen) atoms. The molecule has 0 saturated heterocycles. The number of ether oxygens (including phenoxy) is 2. The topological polar surface area (TPSA) is 64.6 Å². The Hall–Kier alpha value is -2.14. The van der Waals surface area contributed by atoms with Gasteiger partial charge in [-0.05, 0) is 25.5 Å². The highest BCUT2D eigenvalue weighted by Crippen LogP contribution is 2.12. The van der Waals surface area contributed by atoms with Crippen molar-refractivity contribution in [3.05, 3.63) is 42.5 Å².